The number of aromatic nitrogens is 1. The number of anilines is 2. The molecule has 122 valence electrons. The molecule has 1 aliphatic rings. The van der Waals surface area contributed by atoms with Gasteiger partial charge in [-0.3, -0.25) is 4.79 Å². The summed E-state index contributed by atoms with van der Waals surface area (Å²) in [4.78, 5) is 16.6. The van der Waals surface area contributed by atoms with Crippen molar-refractivity contribution in [3.8, 4) is 0 Å². The number of carbonyl (C=O) groups is 1. The molecular formula is C16H17F2N3OS. The Labute approximate surface area is 136 Å². The minimum Gasteiger partial charge on any atom is -0.382 e. The second-order valence-electron chi connectivity index (χ2n) is 5.64. The van der Waals surface area contributed by atoms with E-state index in [1.807, 2.05) is 0 Å². The second kappa shape index (κ2) is 6.62. The summed E-state index contributed by atoms with van der Waals surface area (Å²) in [6.07, 6.45) is 5.64. The standard InChI is InChI=1S/C16H17F2N3OS/c17-10-7-4-8-11(18)12(10)13(22)14-15(19)21-16(23-14)20-9-5-2-1-3-6-9/h4,7-9H,1-3,5-6,19H2,(H,20,21). The van der Waals surface area contributed by atoms with Crippen molar-refractivity contribution >= 4 is 28.1 Å². The van der Waals surface area contributed by atoms with Crippen molar-refractivity contribution in [2.75, 3.05) is 11.1 Å². The summed E-state index contributed by atoms with van der Waals surface area (Å²) in [6.45, 7) is 0. The topological polar surface area (TPSA) is 68.0 Å². The highest BCUT2D eigenvalue weighted by Crippen LogP contribution is 2.31. The number of carbonyl (C=O) groups excluding carboxylic acids is 1. The van der Waals surface area contributed by atoms with Gasteiger partial charge in [0.2, 0.25) is 5.78 Å². The van der Waals surface area contributed by atoms with Crippen LogP contribution in [0.5, 0.6) is 0 Å². The molecule has 23 heavy (non-hydrogen) atoms. The molecule has 1 saturated carbocycles. The van der Waals surface area contributed by atoms with Crippen LogP contribution in [0.3, 0.4) is 0 Å². The monoisotopic (exact) mass is 337 g/mol. The van der Waals surface area contributed by atoms with Crippen LogP contribution in [0.1, 0.15) is 47.3 Å². The summed E-state index contributed by atoms with van der Waals surface area (Å²) in [5.41, 5.74) is 5.19. The fourth-order valence-corrected chi connectivity index (χ4v) is 3.71. The van der Waals surface area contributed by atoms with Gasteiger partial charge >= 0.3 is 0 Å². The highest BCUT2D eigenvalue weighted by Gasteiger charge is 2.25. The average molecular weight is 337 g/mol. The van der Waals surface area contributed by atoms with E-state index in [1.54, 1.807) is 0 Å². The number of hydrogen-bond donors (Lipinski definition) is 2. The van der Waals surface area contributed by atoms with Crippen LogP contribution >= 0.6 is 11.3 Å². The Balaban J connectivity index is 1.84. The number of benzene rings is 1. The van der Waals surface area contributed by atoms with E-state index in [0.717, 1.165) is 49.2 Å². The Morgan fingerprint density at radius 2 is 1.87 bits per heavy atom. The number of halogens is 2. The smallest absolute Gasteiger partial charge is 0.212 e. The van der Waals surface area contributed by atoms with Gasteiger partial charge in [0.05, 0.1) is 5.56 Å². The van der Waals surface area contributed by atoms with E-state index >= 15 is 0 Å². The molecule has 1 aliphatic carbocycles. The number of rotatable bonds is 4. The first-order valence-corrected chi connectivity index (χ1v) is 8.39. The third-order valence-corrected chi connectivity index (χ3v) is 4.98. The summed E-state index contributed by atoms with van der Waals surface area (Å²) >= 11 is 1.04. The van der Waals surface area contributed by atoms with Gasteiger partial charge in [-0.25, -0.2) is 13.8 Å². The molecule has 3 N–H and O–H groups in total. The number of nitrogens with zero attached hydrogens (tertiary/aromatic N) is 1. The van der Waals surface area contributed by atoms with E-state index in [4.69, 9.17) is 5.73 Å². The number of nitrogens with one attached hydrogen (secondary N) is 1. The highest BCUT2D eigenvalue weighted by molar-refractivity contribution is 7.18. The third kappa shape index (κ3) is 3.34. The molecule has 1 heterocycles. The van der Waals surface area contributed by atoms with Crippen molar-refractivity contribution < 1.29 is 13.6 Å². The van der Waals surface area contributed by atoms with Gasteiger partial charge in [0.25, 0.3) is 0 Å². The Bertz CT molecular complexity index is 706. The molecule has 0 atom stereocenters. The van der Waals surface area contributed by atoms with Gasteiger partial charge in [-0.1, -0.05) is 36.7 Å². The molecule has 0 unspecified atom stereocenters. The fourth-order valence-electron chi connectivity index (χ4n) is 2.81. The number of hydrogen-bond acceptors (Lipinski definition) is 5. The summed E-state index contributed by atoms with van der Waals surface area (Å²) in [6, 6.07) is 3.62. The zero-order valence-corrected chi connectivity index (χ0v) is 13.3. The van der Waals surface area contributed by atoms with Crippen LogP contribution < -0.4 is 11.1 Å². The molecule has 3 rings (SSSR count). The molecular weight excluding hydrogens is 320 g/mol. The van der Waals surface area contributed by atoms with Crippen molar-refractivity contribution in [1.29, 1.82) is 0 Å². The summed E-state index contributed by atoms with van der Waals surface area (Å²) < 4.78 is 27.5. The van der Waals surface area contributed by atoms with E-state index in [9.17, 15) is 13.6 Å². The lowest BCUT2D eigenvalue weighted by atomic mass is 9.96. The van der Waals surface area contributed by atoms with E-state index in [1.165, 1.54) is 12.5 Å². The molecule has 1 fully saturated rings. The van der Waals surface area contributed by atoms with Gasteiger partial charge in [-0.2, -0.15) is 0 Å². The van der Waals surface area contributed by atoms with E-state index in [-0.39, 0.29) is 10.7 Å². The minimum atomic E-state index is -0.899. The SMILES string of the molecule is Nc1nc(NC2CCCCC2)sc1C(=O)c1c(F)cccc1F. The lowest BCUT2D eigenvalue weighted by Gasteiger charge is -2.22. The summed E-state index contributed by atoms with van der Waals surface area (Å²) in [5.74, 6) is -2.57. The maximum absolute atomic E-state index is 13.8. The Morgan fingerprint density at radius 3 is 2.52 bits per heavy atom. The number of nitrogens with two attached hydrogens (primary N) is 1. The molecule has 4 nitrogen and oxygen atoms in total. The van der Waals surface area contributed by atoms with Gasteiger partial charge in [-0.05, 0) is 25.0 Å². The largest absolute Gasteiger partial charge is 0.382 e. The Kier molecular flexibility index (Phi) is 4.56. The first-order chi connectivity index (χ1) is 11.1. The normalized spacial score (nSPS) is 15.6. The second-order valence-corrected chi connectivity index (χ2v) is 6.64. The van der Waals surface area contributed by atoms with Crippen LogP contribution in [0.2, 0.25) is 0 Å². The molecule has 0 spiro atoms. The van der Waals surface area contributed by atoms with E-state index in [0.29, 0.717) is 11.2 Å². The molecule has 7 heteroatoms. The van der Waals surface area contributed by atoms with E-state index < -0.39 is 23.0 Å². The van der Waals surface area contributed by atoms with Crippen molar-refractivity contribution in [1.82, 2.24) is 4.98 Å². The first-order valence-electron chi connectivity index (χ1n) is 7.58. The van der Waals surface area contributed by atoms with E-state index in [2.05, 4.69) is 10.3 Å². The third-order valence-electron chi connectivity index (χ3n) is 3.98. The number of ketones is 1. The molecule has 0 amide bonds. The maximum Gasteiger partial charge on any atom is 0.212 e. The van der Waals surface area contributed by atoms with Crippen LogP contribution in [0, 0.1) is 11.6 Å². The lowest BCUT2D eigenvalue weighted by molar-refractivity contribution is 0.103. The van der Waals surface area contributed by atoms with Crippen LogP contribution in [0.15, 0.2) is 18.2 Å². The Morgan fingerprint density at radius 1 is 1.22 bits per heavy atom. The minimum absolute atomic E-state index is 0.000891. The molecule has 0 aliphatic heterocycles. The quantitative estimate of drug-likeness (QED) is 0.828. The van der Waals surface area contributed by atoms with Crippen LogP contribution in [-0.4, -0.2) is 16.8 Å². The number of thiazole rings is 1. The maximum atomic E-state index is 13.8. The summed E-state index contributed by atoms with van der Waals surface area (Å²) in [7, 11) is 0. The van der Waals surface area contributed by atoms with Crippen molar-refractivity contribution in [2.24, 2.45) is 0 Å². The van der Waals surface area contributed by atoms with Gasteiger partial charge in [0.15, 0.2) is 5.13 Å². The van der Waals surface area contributed by atoms with Gasteiger partial charge in [-0.15, -0.1) is 0 Å². The first kappa shape index (κ1) is 15.9. The van der Waals surface area contributed by atoms with Crippen molar-refractivity contribution in [3.05, 3.63) is 40.3 Å². The predicted octanol–water partition coefficient (Wildman–Crippen LogP) is 3.98. The molecule has 2 aromatic rings. The molecule has 1 aromatic carbocycles. The molecule has 1 aromatic heterocycles. The number of nitrogen functional groups attached to an aromatic ring is 1. The van der Waals surface area contributed by atoms with Crippen LogP contribution in [0.25, 0.3) is 0 Å². The van der Waals surface area contributed by atoms with Crippen molar-refractivity contribution in [2.45, 2.75) is 38.1 Å². The van der Waals surface area contributed by atoms with Crippen LogP contribution in [0.4, 0.5) is 19.7 Å². The van der Waals surface area contributed by atoms with Crippen molar-refractivity contribution in [3.63, 3.8) is 0 Å². The molecule has 0 bridgehead atoms. The molecule has 0 saturated heterocycles. The Hall–Kier alpha value is -2.02. The average Bonchev–Trinajstić information content (AvgIpc) is 2.88. The van der Waals surface area contributed by atoms with Crippen LogP contribution in [-0.2, 0) is 0 Å². The van der Waals surface area contributed by atoms with Gasteiger partial charge in [0.1, 0.15) is 22.3 Å². The predicted molar refractivity (Wildman–Crippen MR) is 86.8 cm³/mol. The zero-order chi connectivity index (χ0) is 16.4. The fraction of sp³-hybridized carbons (Fsp3) is 0.375. The molecule has 0 radical (unpaired) electrons. The lowest BCUT2D eigenvalue weighted by Crippen LogP contribution is -2.22. The van der Waals surface area contributed by atoms with Gasteiger partial charge < -0.3 is 11.1 Å². The summed E-state index contributed by atoms with van der Waals surface area (Å²) in [5, 5.41) is 3.79. The van der Waals surface area contributed by atoms with Gasteiger partial charge in [0, 0.05) is 6.04 Å². The highest BCUT2D eigenvalue weighted by atomic mass is 32.1. The zero-order valence-electron chi connectivity index (χ0n) is 12.4.